The first-order chi connectivity index (χ1) is 14.0. The second kappa shape index (κ2) is 9.52. The van der Waals surface area contributed by atoms with Crippen molar-refractivity contribution in [2.45, 2.75) is 31.9 Å². The molecule has 1 atom stereocenters. The number of pyridine rings is 1. The van der Waals surface area contributed by atoms with Crippen molar-refractivity contribution in [1.29, 1.82) is 0 Å². The third kappa shape index (κ3) is 5.32. The summed E-state index contributed by atoms with van der Waals surface area (Å²) < 4.78 is 14.0. The molecule has 2 heterocycles. The Morgan fingerprint density at radius 3 is 2.79 bits per heavy atom. The van der Waals surface area contributed by atoms with Gasteiger partial charge in [0.15, 0.2) is 0 Å². The van der Waals surface area contributed by atoms with E-state index < -0.39 is 0 Å². The number of benzene rings is 1. The molecule has 3 N–H and O–H groups in total. The van der Waals surface area contributed by atoms with Gasteiger partial charge in [0, 0.05) is 37.1 Å². The van der Waals surface area contributed by atoms with Crippen molar-refractivity contribution < 1.29 is 14.3 Å². The van der Waals surface area contributed by atoms with E-state index in [4.69, 9.17) is 0 Å². The minimum atomic E-state index is -0.295. The Morgan fingerprint density at radius 1 is 1.38 bits per heavy atom. The van der Waals surface area contributed by atoms with Crippen LogP contribution in [0.25, 0.3) is 0 Å². The highest BCUT2D eigenvalue weighted by Crippen LogP contribution is 2.31. The Morgan fingerprint density at radius 2 is 2.14 bits per heavy atom. The Bertz CT molecular complexity index is 848. The molecular formula is C22H27FN4O2. The van der Waals surface area contributed by atoms with E-state index in [1.54, 1.807) is 24.3 Å². The smallest absolute Gasteiger partial charge is 0.253 e. The first kappa shape index (κ1) is 20.8. The Balaban J connectivity index is 1.73. The number of aliphatic hydroxyl groups is 1. The lowest BCUT2D eigenvalue weighted by molar-refractivity contribution is 0.0957. The van der Waals surface area contributed by atoms with Gasteiger partial charge in [0.05, 0.1) is 17.7 Å². The quantitative estimate of drug-likeness (QED) is 0.624. The molecule has 1 aliphatic rings. The molecular weight excluding hydrogens is 371 g/mol. The summed E-state index contributed by atoms with van der Waals surface area (Å²) >= 11 is 0. The van der Waals surface area contributed by atoms with E-state index in [-0.39, 0.29) is 23.9 Å². The van der Waals surface area contributed by atoms with E-state index in [9.17, 15) is 14.3 Å². The van der Waals surface area contributed by atoms with E-state index in [0.29, 0.717) is 30.8 Å². The number of amides is 1. The van der Waals surface area contributed by atoms with Crippen LogP contribution in [0.5, 0.6) is 0 Å². The summed E-state index contributed by atoms with van der Waals surface area (Å²) in [6.45, 7) is 7.38. The van der Waals surface area contributed by atoms with Crippen LogP contribution < -0.4 is 15.5 Å². The zero-order valence-corrected chi connectivity index (χ0v) is 16.6. The summed E-state index contributed by atoms with van der Waals surface area (Å²) in [6, 6.07) is 8.02. The number of carbonyl (C=O) groups is 1. The van der Waals surface area contributed by atoms with Crippen LogP contribution in [0.4, 0.5) is 15.9 Å². The Labute approximate surface area is 170 Å². The molecule has 7 heteroatoms. The molecule has 6 nitrogen and oxygen atoms in total. The molecule has 0 bridgehead atoms. The minimum Gasteiger partial charge on any atom is -0.393 e. The van der Waals surface area contributed by atoms with Crippen LogP contribution >= 0.6 is 0 Å². The van der Waals surface area contributed by atoms with Gasteiger partial charge in [-0.15, -0.1) is 6.58 Å². The van der Waals surface area contributed by atoms with Crippen molar-refractivity contribution in [1.82, 2.24) is 10.3 Å². The van der Waals surface area contributed by atoms with Crippen molar-refractivity contribution in [3.63, 3.8) is 0 Å². The van der Waals surface area contributed by atoms with Gasteiger partial charge in [-0.2, -0.15) is 0 Å². The van der Waals surface area contributed by atoms with E-state index in [0.717, 1.165) is 24.3 Å². The third-order valence-corrected chi connectivity index (χ3v) is 5.06. The van der Waals surface area contributed by atoms with Crippen molar-refractivity contribution in [2.24, 2.45) is 0 Å². The fraction of sp³-hybridized carbons (Fsp3) is 0.364. The van der Waals surface area contributed by atoms with Gasteiger partial charge in [-0.3, -0.25) is 4.79 Å². The number of nitrogens with zero attached hydrogens (tertiary/aromatic N) is 2. The fourth-order valence-corrected chi connectivity index (χ4v) is 3.45. The molecule has 1 saturated heterocycles. The standard InChI is InChI=1S/C22H27FN4O2/c1-3-10-24-22(29)16-4-7-21(25-14-16)26-15(2)19-13-17(23)5-6-20(19)27-11-8-18(28)9-12-27/h3-7,13-15,18,28H,1,8-12H2,2H3,(H,24,29)(H,25,26). The molecule has 154 valence electrons. The van der Waals surface area contributed by atoms with E-state index in [1.807, 2.05) is 6.92 Å². The van der Waals surface area contributed by atoms with E-state index in [2.05, 4.69) is 27.1 Å². The van der Waals surface area contributed by atoms with Crippen LogP contribution in [0.1, 0.15) is 41.7 Å². The second-order valence-corrected chi connectivity index (χ2v) is 7.22. The average Bonchev–Trinajstić information content (AvgIpc) is 2.73. The molecule has 0 saturated carbocycles. The van der Waals surface area contributed by atoms with Gasteiger partial charge in [0.25, 0.3) is 5.91 Å². The lowest BCUT2D eigenvalue weighted by Gasteiger charge is -2.34. The number of nitrogens with one attached hydrogen (secondary N) is 2. The van der Waals surface area contributed by atoms with Gasteiger partial charge in [-0.25, -0.2) is 9.37 Å². The fourth-order valence-electron chi connectivity index (χ4n) is 3.45. The van der Waals surface area contributed by atoms with Crippen molar-refractivity contribution >= 4 is 17.4 Å². The summed E-state index contributed by atoms with van der Waals surface area (Å²) in [7, 11) is 0. The Kier molecular flexibility index (Phi) is 6.82. The number of aliphatic hydroxyl groups excluding tert-OH is 1. The van der Waals surface area contributed by atoms with Crippen molar-refractivity contribution in [3.8, 4) is 0 Å². The van der Waals surface area contributed by atoms with Crippen LogP contribution in [-0.4, -0.2) is 41.7 Å². The van der Waals surface area contributed by atoms with Crippen LogP contribution in [0, 0.1) is 5.82 Å². The van der Waals surface area contributed by atoms with Gasteiger partial charge in [-0.05, 0) is 50.1 Å². The molecule has 2 aromatic rings. The molecule has 29 heavy (non-hydrogen) atoms. The molecule has 1 aliphatic heterocycles. The molecule has 1 amide bonds. The van der Waals surface area contributed by atoms with E-state index >= 15 is 0 Å². The zero-order valence-electron chi connectivity index (χ0n) is 16.6. The summed E-state index contributed by atoms with van der Waals surface area (Å²) in [4.78, 5) is 18.4. The predicted octanol–water partition coefficient (Wildman–Crippen LogP) is 3.27. The van der Waals surface area contributed by atoms with E-state index in [1.165, 1.54) is 18.3 Å². The number of carbonyl (C=O) groups excluding carboxylic acids is 1. The largest absolute Gasteiger partial charge is 0.393 e. The Hall–Kier alpha value is -2.93. The van der Waals surface area contributed by atoms with Crippen LogP contribution in [0.3, 0.4) is 0 Å². The lowest BCUT2D eigenvalue weighted by Crippen LogP contribution is -2.36. The first-order valence-corrected chi connectivity index (χ1v) is 9.82. The average molecular weight is 398 g/mol. The molecule has 0 radical (unpaired) electrons. The van der Waals surface area contributed by atoms with Crippen molar-refractivity contribution in [2.75, 3.05) is 29.9 Å². The van der Waals surface area contributed by atoms with Crippen LogP contribution in [0.15, 0.2) is 49.2 Å². The highest BCUT2D eigenvalue weighted by Gasteiger charge is 2.22. The van der Waals surface area contributed by atoms with Crippen molar-refractivity contribution in [3.05, 3.63) is 66.1 Å². The molecule has 1 unspecified atom stereocenters. The van der Waals surface area contributed by atoms with Gasteiger partial charge >= 0.3 is 0 Å². The molecule has 3 rings (SSSR count). The summed E-state index contributed by atoms with van der Waals surface area (Å²) in [5.74, 6) is 0.0930. The first-order valence-electron chi connectivity index (χ1n) is 9.82. The number of rotatable bonds is 7. The zero-order chi connectivity index (χ0) is 20.8. The number of aromatic nitrogens is 1. The molecule has 0 aliphatic carbocycles. The van der Waals surface area contributed by atoms with Gasteiger partial charge in [-0.1, -0.05) is 6.08 Å². The summed E-state index contributed by atoms with van der Waals surface area (Å²) in [5.41, 5.74) is 2.25. The molecule has 1 fully saturated rings. The molecule has 1 aromatic carbocycles. The number of piperidine rings is 1. The van der Waals surface area contributed by atoms with Gasteiger partial charge < -0.3 is 20.6 Å². The number of anilines is 2. The minimum absolute atomic E-state index is 0.194. The SMILES string of the molecule is C=CCNC(=O)c1ccc(NC(C)c2cc(F)ccc2N2CCC(O)CC2)nc1. The highest BCUT2D eigenvalue weighted by atomic mass is 19.1. The third-order valence-electron chi connectivity index (χ3n) is 5.06. The summed E-state index contributed by atoms with van der Waals surface area (Å²) in [6.07, 6.45) is 4.26. The topological polar surface area (TPSA) is 77.5 Å². The highest BCUT2D eigenvalue weighted by molar-refractivity contribution is 5.94. The maximum absolute atomic E-state index is 14.0. The monoisotopic (exact) mass is 398 g/mol. The van der Waals surface area contributed by atoms with Gasteiger partial charge in [0.1, 0.15) is 11.6 Å². The van der Waals surface area contributed by atoms with Gasteiger partial charge in [0.2, 0.25) is 0 Å². The number of halogens is 1. The maximum Gasteiger partial charge on any atom is 0.253 e. The summed E-state index contributed by atoms with van der Waals surface area (Å²) in [5, 5.41) is 15.7. The lowest BCUT2D eigenvalue weighted by atomic mass is 10.0. The normalized spacial score (nSPS) is 15.6. The van der Waals surface area contributed by atoms with Crippen LogP contribution in [0.2, 0.25) is 0 Å². The molecule has 1 aromatic heterocycles. The maximum atomic E-state index is 14.0. The van der Waals surface area contributed by atoms with Crippen LogP contribution in [-0.2, 0) is 0 Å². The predicted molar refractivity (Wildman–Crippen MR) is 113 cm³/mol. The second-order valence-electron chi connectivity index (χ2n) is 7.22. The number of hydrogen-bond acceptors (Lipinski definition) is 5. The molecule has 0 spiro atoms. The number of hydrogen-bond donors (Lipinski definition) is 3.